The van der Waals surface area contributed by atoms with Gasteiger partial charge in [0, 0.05) is 29.8 Å². The molecule has 0 aliphatic heterocycles. The fourth-order valence-electron chi connectivity index (χ4n) is 2.73. The number of rotatable bonds is 7. The Labute approximate surface area is 174 Å². The van der Waals surface area contributed by atoms with Crippen LogP contribution in [0.4, 0.5) is 11.4 Å². The molecule has 4 aromatic rings. The highest BCUT2D eigenvalue weighted by Gasteiger charge is 2.13. The Balaban J connectivity index is 1.41. The predicted octanol–water partition coefficient (Wildman–Crippen LogP) is 3.34. The Morgan fingerprint density at radius 2 is 2.03 bits per heavy atom. The summed E-state index contributed by atoms with van der Waals surface area (Å²) in [7, 11) is 0. The molecule has 0 radical (unpaired) electrons. The molecule has 152 valence electrons. The summed E-state index contributed by atoms with van der Waals surface area (Å²) in [6.07, 6.45) is 0.731. The van der Waals surface area contributed by atoms with Gasteiger partial charge in [0.1, 0.15) is 10.8 Å². The van der Waals surface area contributed by atoms with E-state index in [4.69, 9.17) is 4.74 Å². The molecule has 1 N–H and O–H groups in total. The van der Waals surface area contributed by atoms with Crippen LogP contribution in [0.5, 0.6) is 5.75 Å². The predicted molar refractivity (Wildman–Crippen MR) is 111 cm³/mol. The van der Waals surface area contributed by atoms with Gasteiger partial charge in [-0.15, -0.1) is 10.2 Å². The van der Waals surface area contributed by atoms with Crippen LogP contribution in [0.2, 0.25) is 0 Å². The number of fused-ring (bicyclic) bond motifs is 1. The van der Waals surface area contributed by atoms with E-state index in [1.807, 2.05) is 25.1 Å². The molecule has 0 atom stereocenters. The van der Waals surface area contributed by atoms with E-state index in [9.17, 15) is 14.9 Å². The number of nitrogens with zero attached hydrogens (tertiary/aromatic N) is 5. The van der Waals surface area contributed by atoms with Gasteiger partial charge in [-0.25, -0.2) is 0 Å². The van der Waals surface area contributed by atoms with Gasteiger partial charge < -0.3 is 10.1 Å². The van der Waals surface area contributed by atoms with Crippen LogP contribution >= 0.6 is 11.3 Å². The van der Waals surface area contributed by atoms with Crippen molar-refractivity contribution in [3.8, 4) is 16.3 Å². The number of aromatic nitrogens is 4. The van der Waals surface area contributed by atoms with Crippen LogP contribution < -0.4 is 10.1 Å². The smallest absolute Gasteiger partial charge is 0.269 e. The number of nitrogens with one attached hydrogen (secondary N) is 1. The minimum atomic E-state index is -0.497. The number of nitro groups is 1. The average Bonchev–Trinajstić information content (AvgIpc) is 3.33. The topological polar surface area (TPSA) is 125 Å². The summed E-state index contributed by atoms with van der Waals surface area (Å²) < 4.78 is 7.11. The van der Waals surface area contributed by atoms with Crippen molar-refractivity contribution in [1.29, 1.82) is 0 Å². The molecule has 0 saturated carbocycles. The molecule has 1 amide bonds. The highest BCUT2D eigenvalue weighted by molar-refractivity contribution is 7.19. The van der Waals surface area contributed by atoms with Crippen LogP contribution in [0.1, 0.15) is 12.7 Å². The number of nitro benzene ring substituents is 1. The van der Waals surface area contributed by atoms with E-state index >= 15 is 0 Å². The number of carbonyl (C=O) groups is 1. The molecule has 0 unspecified atom stereocenters. The van der Waals surface area contributed by atoms with Crippen molar-refractivity contribution in [2.75, 3.05) is 11.9 Å². The van der Waals surface area contributed by atoms with Crippen molar-refractivity contribution in [2.24, 2.45) is 0 Å². The molecule has 0 aliphatic carbocycles. The number of amides is 1. The zero-order valence-electron chi connectivity index (χ0n) is 15.8. The van der Waals surface area contributed by atoms with Crippen molar-refractivity contribution in [2.45, 2.75) is 13.3 Å². The van der Waals surface area contributed by atoms with E-state index < -0.39 is 4.92 Å². The van der Waals surface area contributed by atoms with E-state index in [1.54, 1.807) is 10.6 Å². The van der Waals surface area contributed by atoms with Crippen LogP contribution in [0, 0.1) is 10.1 Å². The maximum absolute atomic E-state index is 12.2. The molecule has 11 heteroatoms. The number of hydrogen-bond donors (Lipinski definition) is 1. The second-order valence-electron chi connectivity index (χ2n) is 6.24. The van der Waals surface area contributed by atoms with Crippen LogP contribution in [-0.4, -0.2) is 37.2 Å². The van der Waals surface area contributed by atoms with Gasteiger partial charge in [-0.3, -0.25) is 14.9 Å². The van der Waals surface area contributed by atoms with Crippen LogP contribution in [0.25, 0.3) is 15.5 Å². The summed E-state index contributed by atoms with van der Waals surface area (Å²) in [6.45, 7) is 1.77. The molecule has 0 aliphatic rings. The van der Waals surface area contributed by atoms with Crippen molar-refractivity contribution >= 4 is 33.6 Å². The molecule has 0 bridgehead atoms. The summed E-state index contributed by atoms with van der Waals surface area (Å²) in [5.74, 6) is 0.813. The third kappa shape index (κ3) is 4.10. The molecule has 2 aromatic heterocycles. The van der Waals surface area contributed by atoms with E-state index in [1.165, 1.54) is 35.6 Å². The lowest BCUT2D eigenvalue weighted by Crippen LogP contribution is -2.20. The molecular weight excluding hydrogens is 408 g/mol. The molecule has 2 heterocycles. The lowest BCUT2D eigenvalue weighted by atomic mass is 10.2. The first kappa shape index (κ1) is 19.5. The summed E-state index contributed by atoms with van der Waals surface area (Å²) in [5, 5.41) is 27.0. The van der Waals surface area contributed by atoms with E-state index in [0.29, 0.717) is 16.4 Å². The summed E-state index contributed by atoms with van der Waals surface area (Å²) in [6, 6.07) is 12.9. The molecule has 0 saturated heterocycles. The van der Waals surface area contributed by atoms with Gasteiger partial charge in [-0.2, -0.15) is 9.61 Å². The Bertz CT molecular complexity index is 1220. The maximum atomic E-state index is 12.2. The van der Waals surface area contributed by atoms with Crippen molar-refractivity contribution < 1.29 is 14.5 Å². The highest BCUT2D eigenvalue weighted by atomic mass is 32.1. The Kier molecular flexibility index (Phi) is 5.35. The van der Waals surface area contributed by atoms with Gasteiger partial charge in [0.25, 0.3) is 11.6 Å². The number of benzene rings is 2. The minimum Gasteiger partial charge on any atom is -0.484 e. The number of ether oxygens (including phenoxy) is 1. The maximum Gasteiger partial charge on any atom is 0.269 e. The van der Waals surface area contributed by atoms with Gasteiger partial charge in [0.2, 0.25) is 4.96 Å². The van der Waals surface area contributed by atoms with Gasteiger partial charge in [-0.05, 0) is 24.3 Å². The number of non-ortho nitro benzene ring substituents is 1. The second kappa shape index (κ2) is 8.25. The zero-order valence-corrected chi connectivity index (χ0v) is 16.6. The Hall–Kier alpha value is -3.86. The van der Waals surface area contributed by atoms with E-state index in [0.717, 1.165) is 22.8 Å². The SMILES string of the molecule is CCc1nnc2sc(-c3cccc(NC(=O)COc4ccc([N+](=O)[O-])cc4)c3)nn12. The lowest BCUT2D eigenvalue weighted by Gasteiger charge is -2.08. The average molecular weight is 424 g/mol. The molecule has 30 heavy (non-hydrogen) atoms. The quantitative estimate of drug-likeness (QED) is 0.356. The largest absolute Gasteiger partial charge is 0.484 e. The van der Waals surface area contributed by atoms with E-state index in [2.05, 4.69) is 20.6 Å². The summed E-state index contributed by atoms with van der Waals surface area (Å²) >= 11 is 1.42. The molecular formula is C19H16N6O4S. The monoisotopic (exact) mass is 424 g/mol. The first-order chi connectivity index (χ1) is 14.5. The third-order valence-corrected chi connectivity index (χ3v) is 5.13. The fraction of sp³-hybridized carbons (Fsp3) is 0.158. The van der Waals surface area contributed by atoms with Crippen molar-refractivity contribution in [3.63, 3.8) is 0 Å². The Morgan fingerprint density at radius 3 is 2.77 bits per heavy atom. The van der Waals surface area contributed by atoms with Gasteiger partial charge >= 0.3 is 0 Å². The zero-order chi connectivity index (χ0) is 21.1. The van der Waals surface area contributed by atoms with Gasteiger partial charge in [-0.1, -0.05) is 30.4 Å². The molecule has 0 fully saturated rings. The van der Waals surface area contributed by atoms with Crippen molar-refractivity contribution in [1.82, 2.24) is 19.8 Å². The summed E-state index contributed by atoms with van der Waals surface area (Å²) in [4.78, 5) is 23.1. The normalized spacial score (nSPS) is 10.8. The lowest BCUT2D eigenvalue weighted by molar-refractivity contribution is -0.384. The highest BCUT2D eigenvalue weighted by Crippen LogP contribution is 2.27. The van der Waals surface area contributed by atoms with Crippen LogP contribution in [0.3, 0.4) is 0 Å². The molecule has 0 spiro atoms. The first-order valence-electron chi connectivity index (χ1n) is 9.02. The number of carbonyl (C=O) groups excluding carboxylic acids is 1. The number of anilines is 1. The van der Waals surface area contributed by atoms with Crippen LogP contribution in [-0.2, 0) is 11.2 Å². The van der Waals surface area contributed by atoms with E-state index in [-0.39, 0.29) is 18.2 Å². The number of hydrogen-bond acceptors (Lipinski definition) is 8. The van der Waals surface area contributed by atoms with Crippen LogP contribution in [0.15, 0.2) is 48.5 Å². The first-order valence-corrected chi connectivity index (χ1v) is 9.84. The fourth-order valence-corrected chi connectivity index (χ4v) is 3.59. The molecule has 2 aromatic carbocycles. The van der Waals surface area contributed by atoms with Gasteiger partial charge in [0.05, 0.1) is 4.92 Å². The minimum absolute atomic E-state index is 0.0416. The number of aryl methyl sites for hydroxylation is 1. The van der Waals surface area contributed by atoms with Gasteiger partial charge in [0.15, 0.2) is 12.4 Å². The molecule has 4 rings (SSSR count). The summed E-state index contributed by atoms with van der Waals surface area (Å²) in [5.41, 5.74) is 1.41. The third-order valence-electron chi connectivity index (χ3n) is 4.18. The standard InChI is InChI=1S/C19H16N6O4S/c1-2-16-21-22-19-24(16)23-18(30-19)12-4-3-5-13(10-12)20-17(26)11-29-15-8-6-14(7-9-15)25(27)28/h3-10H,2,11H2,1H3,(H,20,26). The Morgan fingerprint density at radius 1 is 1.23 bits per heavy atom. The van der Waals surface area contributed by atoms with Crippen molar-refractivity contribution in [3.05, 3.63) is 64.5 Å². The second-order valence-corrected chi connectivity index (χ2v) is 7.20. The molecule has 10 nitrogen and oxygen atoms in total.